The van der Waals surface area contributed by atoms with Crippen LogP contribution in [-0.4, -0.2) is 22.8 Å². The number of fused-ring (bicyclic) bond motifs is 3. The van der Waals surface area contributed by atoms with Crippen molar-refractivity contribution in [3.8, 4) is 0 Å². The van der Waals surface area contributed by atoms with E-state index in [1.807, 2.05) is 24.3 Å². The molecule has 1 aliphatic rings. The van der Waals surface area contributed by atoms with E-state index in [-0.39, 0.29) is 17.7 Å². The Bertz CT molecular complexity index is 976. The molecule has 1 atom stereocenters. The van der Waals surface area contributed by atoms with Crippen LogP contribution < -0.4 is 10.6 Å². The molecule has 6 heteroatoms. The molecular formula is C20H21N3O2S. The third-order valence-corrected chi connectivity index (χ3v) is 5.96. The zero-order valence-electron chi connectivity index (χ0n) is 14.6. The van der Waals surface area contributed by atoms with Crippen LogP contribution in [0.15, 0.2) is 36.4 Å². The van der Waals surface area contributed by atoms with Gasteiger partial charge >= 0.3 is 0 Å². The second-order valence-electron chi connectivity index (χ2n) is 6.86. The summed E-state index contributed by atoms with van der Waals surface area (Å²) < 4.78 is 1.04. The van der Waals surface area contributed by atoms with Gasteiger partial charge in [-0.1, -0.05) is 54.5 Å². The number of aromatic nitrogens is 1. The van der Waals surface area contributed by atoms with E-state index in [2.05, 4.69) is 27.8 Å². The third kappa shape index (κ3) is 3.29. The van der Waals surface area contributed by atoms with Crippen LogP contribution in [0.25, 0.3) is 21.0 Å². The molecule has 5 nitrogen and oxygen atoms in total. The van der Waals surface area contributed by atoms with E-state index in [0.29, 0.717) is 5.13 Å². The summed E-state index contributed by atoms with van der Waals surface area (Å²) in [4.78, 5) is 29.0. The Morgan fingerprint density at radius 3 is 2.69 bits per heavy atom. The van der Waals surface area contributed by atoms with Crippen LogP contribution in [-0.2, 0) is 9.59 Å². The van der Waals surface area contributed by atoms with Gasteiger partial charge in [0, 0.05) is 12.3 Å². The summed E-state index contributed by atoms with van der Waals surface area (Å²) in [6, 6.07) is 11.7. The van der Waals surface area contributed by atoms with Gasteiger partial charge in [0.2, 0.25) is 11.8 Å². The fraction of sp³-hybridized carbons (Fsp3) is 0.350. The Labute approximate surface area is 155 Å². The molecule has 2 amide bonds. The molecule has 26 heavy (non-hydrogen) atoms. The number of benzene rings is 2. The first-order valence-electron chi connectivity index (χ1n) is 8.98. The topological polar surface area (TPSA) is 71.1 Å². The number of amides is 2. The molecule has 3 aromatic rings. The van der Waals surface area contributed by atoms with Gasteiger partial charge in [0.1, 0.15) is 6.04 Å². The highest BCUT2D eigenvalue weighted by Crippen LogP contribution is 2.33. The maximum atomic E-state index is 12.8. The van der Waals surface area contributed by atoms with Crippen molar-refractivity contribution in [2.75, 3.05) is 5.32 Å². The molecule has 4 rings (SSSR count). The Kier molecular flexibility index (Phi) is 4.59. The summed E-state index contributed by atoms with van der Waals surface area (Å²) in [5.41, 5.74) is 0.903. The summed E-state index contributed by atoms with van der Waals surface area (Å²) >= 11 is 1.46. The monoisotopic (exact) mass is 367 g/mol. The molecule has 134 valence electrons. The summed E-state index contributed by atoms with van der Waals surface area (Å²) in [6.07, 6.45) is 4.17. The van der Waals surface area contributed by atoms with Crippen molar-refractivity contribution in [2.24, 2.45) is 5.92 Å². The highest BCUT2D eigenvalue weighted by Gasteiger charge is 2.31. The van der Waals surface area contributed by atoms with Crippen LogP contribution in [0.2, 0.25) is 0 Å². The maximum Gasteiger partial charge on any atom is 0.249 e. The standard InChI is InChI=1S/C20H21N3O2S/c1-12(24)21-17(14-7-2-3-8-14)19(25)23-20-22-18-15-9-5-4-6-13(15)10-11-16(18)26-20/h4-6,9-11,14,17H,2-3,7-8H2,1H3,(H,21,24)(H,22,23,25). The van der Waals surface area contributed by atoms with Gasteiger partial charge in [0.25, 0.3) is 0 Å². The molecule has 2 N–H and O–H groups in total. The van der Waals surface area contributed by atoms with Crippen LogP contribution in [0.3, 0.4) is 0 Å². The zero-order chi connectivity index (χ0) is 18.1. The first-order chi connectivity index (χ1) is 12.6. The Balaban J connectivity index is 1.61. The molecule has 0 aliphatic heterocycles. The lowest BCUT2D eigenvalue weighted by molar-refractivity contribution is -0.126. The maximum absolute atomic E-state index is 12.8. The number of hydrogen-bond acceptors (Lipinski definition) is 4. The predicted molar refractivity (Wildman–Crippen MR) is 105 cm³/mol. The fourth-order valence-electron chi connectivity index (χ4n) is 3.81. The van der Waals surface area contributed by atoms with Crippen LogP contribution in [0, 0.1) is 5.92 Å². The summed E-state index contributed by atoms with van der Waals surface area (Å²) in [7, 11) is 0. The number of rotatable bonds is 4. The van der Waals surface area contributed by atoms with E-state index >= 15 is 0 Å². The largest absolute Gasteiger partial charge is 0.344 e. The summed E-state index contributed by atoms with van der Waals surface area (Å²) in [6.45, 7) is 1.46. The van der Waals surface area contributed by atoms with Crippen molar-refractivity contribution in [2.45, 2.75) is 38.6 Å². The van der Waals surface area contributed by atoms with Gasteiger partial charge in [0.15, 0.2) is 5.13 Å². The average Bonchev–Trinajstić information content (AvgIpc) is 3.28. The van der Waals surface area contributed by atoms with Gasteiger partial charge in [-0.2, -0.15) is 0 Å². The van der Waals surface area contributed by atoms with Crippen LogP contribution in [0.4, 0.5) is 5.13 Å². The number of hydrogen-bond donors (Lipinski definition) is 2. The molecule has 1 fully saturated rings. The van der Waals surface area contributed by atoms with E-state index in [9.17, 15) is 9.59 Å². The summed E-state index contributed by atoms with van der Waals surface area (Å²) in [5, 5.41) is 8.55. The van der Waals surface area contributed by atoms with Gasteiger partial charge in [-0.3, -0.25) is 9.59 Å². The second-order valence-corrected chi connectivity index (χ2v) is 7.90. The molecule has 1 unspecified atom stereocenters. The molecule has 1 aromatic heterocycles. The summed E-state index contributed by atoms with van der Waals surface area (Å²) in [5.74, 6) is -0.142. The van der Waals surface area contributed by atoms with E-state index in [1.54, 1.807) is 0 Å². The predicted octanol–water partition coefficient (Wildman–Crippen LogP) is 4.08. The number of thiazole rings is 1. The Morgan fingerprint density at radius 1 is 1.15 bits per heavy atom. The molecule has 2 aromatic carbocycles. The molecule has 0 spiro atoms. The smallest absolute Gasteiger partial charge is 0.249 e. The van der Waals surface area contributed by atoms with E-state index in [4.69, 9.17) is 0 Å². The SMILES string of the molecule is CC(=O)NC(C(=O)Nc1nc2c(ccc3ccccc32)s1)C1CCCC1. The van der Waals surface area contributed by atoms with Crippen LogP contribution in [0.5, 0.6) is 0 Å². The molecule has 1 aliphatic carbocycles. The van der Waals surface area contributed by atoms with Gasteiger partial charge in [-0.05, 0) is 30.2 Å². The van der Waals surface area contributed by atoms with E-state index in [1.165, 1.54) is 18.3 Å². The van der Waals surface area contributed by atoms with Crippen molar-refractivity contribution >= 4 is 49.3 Å². The quantitative estimate of drug-likeness (QED) is 0.730. The van der Waals surface area contributed by atoms with Gasteiger partial charge < -0.3 is 10.6 Å². The minimum absolute atomic E-state index is 0.171. The van der Waals surface area contributed by atoms with Crippen molar-refractivity contribution in [1.82, 2.24) is 10.3 Å². The normalized spacial score (nSPS) is 16.0. The van der Waals surface area contributed by atoms with E-state index < -0.39 is 6.04 Å². The van der Waals surface area contributed by atoms with Crippen molar-refractivity contribution in [3.05, 3.63) is 36.4 Å². The molecule has 0 saturated heterocycles. The average molecular weight is 367 g/mol. The molecule has 1 heterocycles. The number of carbonyl (C=O) groups excluding carboxylic acids is 2. The third-order valence-electron chi connectivity index (χ3n) is 5.03. The zero-order valence-corrected chi connectivity index (χ0v) is 15.4. The van der Waals surface area contributed by atoms with Crippen molar-refractivity contribution < 1.29 is 9.59 Å². The number of carbonyl (C=O) groups is 2. The lowest BCUT2D eigenvalue weighted by atomic mass is 9.97. The number of anilines is 1. The molecular weight excluding hydrogens is 346 g/mol. The number of nitrogens with one attached hydrogen (secondary N) is 2. The van der Waals surface area contributed by atoms with Gasteiger partial charge in [-0.25, -0.2) is 4.98 Å². The number of nitrogens with zero attached hydrogens (tertiary/aromatic N) is 1. The molecule has 1 saturated carbocycles. The lowest BCUT2D eigenvalue weighted by Crippen LogP contribution is -2.47. The highest BCUT2D eigenvalue weighted by atomic mass is 32.1. The first kappa shape index (κ1) is 17.0. The van der Waals surface area contributed by atoms with Gasteiger partial charge in [-0.15, -0.1) is 0 Å². The van der Waals surface area contributed by atoms with Crippen LogP contribution >= 0.6 is 11.3 Å². The second kappa shape index (κ2) is 7.03. The fourth-order valence-corrected chi connectivity index (χ4v) is 4.69. The van der Waals surface area contributed by atoms with Gasteiger partial charge in [0.05, 0.1) is 10.2 Å². The Morgan fingerprint density at radius 2 is 1.92 bits per heavy atom. The molecule has 0 bridgehead atoms. The van der Waals surface area contributed by atoms with E-state index in [0.717, 1.165) is 46.7 Å². The first-order valence-corrected chi connectivity index (χ1v) is 9.80. The minimum Gasteiger partial charge on any atom is -0.344 e. The minimum atomic E-state index is -0.487. The Hall–Kier alpha value is -2.47. The molecule has 0 radical (unpaired) electrons. The van der Waals surface area contributed by atoms with Crippen molar-refractivity contribution in [1.29, 1.82) is 0 Å². The lowest BCUT2D eigenvalue weighted by Gasteiger charge is -2.22. The van der Waals surface area contributed by atoms with Crippen LogP contribution in [0.1, 0.15) is 32.6 Å². The van der Waals surface area contributed by atoms with Crippen molar-refractivity contribution in [3.63, 3.8) is 0 Å². The highest BCUT2D eigenvalue weighted by molar-refractivity contribution is 7.22.